The number of likely N-dealkylation sites (tertiary alicyclic amines) is 1. The number of rotatable bonds is 9. The number of pyridine rings is 2. The van der Waals surface area contributed by atoms with Gasteiger partial charge in [0.05, 0.1) is 58.9 Å². The molecule has 1 unspecified atom stereocenters. The highest BCUT2D eigenvalue weighted by atomic mass is 19.1. The quantitative estimate of drug-likeness (QED) is 0.128. The summed E-state index contributed by atoms with van der Waals surface area (Å²) in [6, 6.07) is 1.33. The van der Waals surface area contributed by atoms with Crippen LogP contribution in [0.25, 0.3) is 11.0 Å². The fourth-order valence-electron chi connectivity index (χ4n) is 12.1. The molecule has 1 amide bonds. The minimum atomic E-state index is -2.15. The number of amides is 1. The number of halogens is 1. The predicted octanol–water partition coefficient (Wildman–Crippen LogP) is 5.64. The Labute approximate surface area is 474 Å². The van der Waals surface area contributed by atoms with Crippen molar-refractivity contribution in [3.63, 3.8) is 0 Å². The van der Waals surface area contributed by atoms with Gasteiger partial charge in [0.15, 0.2) is 17.1 Å². The average molecular weight is 1140 g/mol. The summed E-state index contributed by atoms with van der Waals surface area (Å²) in [5, 5.41) is 45.9. The number of aryl methyl sites for hydroxylation is 1. The number of anilines is 1. The first kappa shape index (κ1) is 59.4. The number of piperidine rings is 1. The Kier molecular flexibility index (Phi) is 17.0. The molecule has 22 heteroatoms. The largest absolute Gasteiger partial charge is 0.507 e. The number of hydrogen-bond donors (Lipinski definition) is 5. The Morgan fingerprint density at radius 1 is 0.939 bits per heavy atom. The zero-order valence-electron chi connectivity index (χ0n) is 48.2. The smallest absolute Gasteiger partial charge is 0.312 e. The van der Waals surface area contributed by atoms with Crippen LogP contribution < -0.4 is 25.7 Å². The molecular weight excluding hydrogens is 1060 g/mol. The number of carbonyl (C=O) groups excluding carboxylic acids is 5. The van der Waals surface area contributed by atoms with E-state index >= 15 is 14.0 Å². The number of methoxy groups -OCH3 is 1. The van der Waals surface area contributed by atoms with Crippen LogP contribution in [0.5, 0.6) is 11.5 Å². The number of ether oxygens (including phenoxy) is 4. The Bertz CT molecular complexity index is 3320. The summed E-state index contributed by atoms with van der Waals surface area (Å²) in [4.78, 5) is 98.5. The number of benzene rings is 1. The first-order valence-electron chi connectivity index (χ1n) is 28.0. The van der Waals surface area contributed by atoms with Crippen LogP contribution in [0.3, 0.4) is 0 Å². The lowest BCUT2D eigenvalue weighted by Gasteiger charge is -2.38. The van der Waals surface area contributed by atoms with Crippen molar-refractivity contribution in [2.24, 2.45) is 34.7 Å². The number of phenolic OH excluding ortho intramolecular Hbond substituents is 1. The number of fused-ring (bicyclic) bond motifs is 15. The van der Waals surface area contributed by atoms with Gasteiger partial charge in [-0.25, -0.2) is 9.37 Å². The number of esters is 1. The van der Waals surface area contributed by atoms with Crippen molar-refractivity contribution < 1.29 is 67.5 Å². The van der Waals surface area contributed by atoms with E-state index in [-0.39, 0.29) is 82.4 Å². The predicted molar refractivity (Wildman–Crippen MR) is 300 cm³/mol. The number of phenols is 1. The minimum absolute atomic E-state index is 0.0321. The van der Waals surface area contributed by atoms with Crippen LogP contribution in [0.1, 0.15) is 122 Å². The Morgan fingerprint density at radius 3 is 2.30 bits per heavy atom. The molecule has 7 aliphatic rings. The summed E-state index contributed by atoms with van der Waals surface area (Å²) < 4.78 is 41.8. The lowest BCUT2D eigenvalue weighted by molar-refractivity contribution is -0.160. The van der Waals surface area contributed by atoms with Gasteiger partial charge < -0.3 is 64.1 Å². The van der Waals surface area contributed by atoms with Crippen LogP contribution in [0.4, 0.5) is 10.2 Å². The maximum Gasteiger partial charge on any atom is 0.312 e. The monoisotopic (exact) mass is 1140 g/mol. The number of Topliss-reactive ketones (excluding diaryl/α,β-unsaturated/α-hetero) is 3. The van der Waals surface area contributed by atoms with Crippen molar-refractivity contribution >= 4 is 51.8 Å². The molecule has 5 bridgehead atoms. The van der Waals surface area contributed by atoms with Gasteiger partial charge in [0.25, 0.3) is 11.7 Å². The number of oxime groups is 1. The van der Waals surface area contributed by atoms with E-state index in [1.165, 1.54) is 66.4 Å². The molecular formula is C60H74FN7O14. The summed E-state index contributed by atoms with van der Waals surface area (Å²) in [5.41, 5.74) is -0.365. The number of allylic oxidation sites excluding steroid dienone is 4. The first-order chi connectivity index (χ1) is 38.9. The van der Waals surface area contributed by atoms with Crippen molar-refractivity contribution in [3.05, 3.63) is 104 Å². The van der Waals surface area contributed by atoms with E-state index in [0.29, 0.717) is 42.9 Å². The zero-order valence-corrected chi connectivity index (χ0v) is 48.2. The van der Waals surface area contributed by atoms with Crippen LogP contribution in [0.2, 0.25) is 0 Å². The van der Waals surface area contributed by atoms with E-state index in [1.54, 1.807) is 62.8 Å². The zero-order chi connectivity index (χ0) is 59.4. The van der Waals surface area contributed by atoms with Gasteiger partial charge in [-0.2, -0.15) is 0 Å². The van der Waals surface area contributed by atoms with Crippen LogP contribution in [0, 0.1) is 49.3 Å². The number of aliphatic hydroxyl groups excluding tert-OH is 2. The summed E-state index contributed by atoms with van der Waals surface area (Å²) in [6.07, 6.45) is 7.80. The molecule has 21 nitrogen and oxygen atoms in total. The highest BCUT2D eigenvalue weighted by molar-refractivity contribution is 6.32. The maximum atomic E-state index is 16.0. The molecule has 10 atom stereocenters. The maximum absolute atomic E-state index is 16.0. The Hall–Kier alpha value is -7.27. The molecule has 7 heterocycles. The second kappa shape index (κ2) is 23.5. The highest BCUT2D eigenvalue weighted by Gasteiger charge is 2.53. The molecule has 0 radical (unpaired) electrons. The molecule has 440 valence electrons. The van der Waals surface area contributed by atoms with Gasteiger partial charge in [-0.15, -0.1) is 0 Å². The third-order valence-electron chi connectivity index (χ3n) is 17.2. The molecule has 1 saturated carbocycles. The standard InChI is InChI=1S/C60H74FN7O14/c1-28-13-12-14-29(2)59(77)63-46-47(66-20-17-37(18-21-66)62-24-36-26-67(27-41(36)65-79-11)58-40(61)23-39-49(71)30(3)25-68(38-15-16-38)57(39)64-58)53(75)43-44(52(46)74)51(73)34(7)55-45(43)56(76)60(9,82-55)80-22-19-42(78-10)31(4)54(81-35(8)69)33(6)50(72)32(5)48(28)70/h12-14,19,22-23,25,28,31-33,36-38,42,48,50,54,62,70,72-73H,15-18,20-21,24,26-27H2,1-11H3,(H,63,77)/b13-12+,22-19+,29-14-,65-41?/t28-,31+,32+,33+,36?,42-,48-,50+,54+,60-/m0/s1. The van der Waals surface area contributed by atoms with Gasteiger partial charge in [-0.3, -0.25) is 28.8 Å². The molecule has 1 aromatic carbocycles. The number of hydrogen-bond acceptors (Lipinski definition) is 19. The Morgan fingerprint density at radius 2 is 1.65 bits per heavy atom. The summed E-state index contributed by atoms with van der Waals surface area (Å²) in [5.74, 6) is -10.3. The van der Waals surface area contributed by atoms with Gasteiger partial charge in [0.2, 0.25) is 11.6 Å². The molecule has 10 rings (SSSR count). The molecule has 5 aliphatic heterocycles. The number of aromatic nitrogens is 2. The topological polar surface area (TPSA) is 270 Å². The summed E-state index contributed by atoms with van der Waals surface area (Å²) in [7, 11) is 2.86. The fourth-order valence-corrected chi connectivity index (χ4v) is 12.1. The molecule has 5 N–H and O–H groups in total. The normalized spacial score (nSPS) is 30.5. The molecule has 3 aromatic rings. The number of carbonyl (C=O) groups is 5. The van der Waals surface area contributed by atoms with E-state index < -0.39 is 111 Å². The van der Waals surface area contributed by atoms with Gasteiger partial charge in [0, 0.05) is 112 Å². The van der Waals surface area contributed by atoms with Crippen LogP contribution in [0.15, 0.2) is 69.7 Å². The van der Waals surface area contributed by atoms with E-state index in [1.807, 2.05) is 4.57 Å². The summed E-state index contributed by atoms with van der Waals surface area (Å²) in [6.45, 7) is 15.4. The van der Waals surface area contributed by atoms with Crippen molar-refractivity contribution in [1.29, 1.82) is 0 Å². The van der Waals surface area contributed by atoms with Gasteiger partial charge in [0.1, 0.15) is 41.8 Å². The van der Waals surface area contributed by atoms with Gasteiger partial charge >= 0.3 is 11.8 Å². The van der Waals surface area contributed by atoms with Crippen molar-refractivity contribution in [2.75, 3.05) is 51.8 Å². The number of nitrogens with one attached hydrogen (secondary N) is 2. The third-order valence-corrected chi connectivity index (χ3v) is 17.2. The van der Waals surface area contributed by atoms with Gasteiger partial charge in [-0.1, -0.05) is 51.1 Å². The van der Waals surface area contributed by atoms with Crippen molar-refractivity contribution in [3.8, 4) is 11.5 Å². The molecule has 2 saturated heterocycles. The number of ketones is 3. The van der Waals surface area contributed by atoms with Crippen molar-refractivity contribution in [2.45, 2.75) is 130 Å². The first-order valence-corrected chi connectivity index (χ1v) is 28.0. The van der Waals surface area contributed by atoms with E-state index in [9.17, 15) is 34.5 Å². The second-order valence-corrected chi connectivity index (χ2v) is 23.0. The van der Waals surface area contributed by atoms with E-state index in [0.717, 1.165) is 12.8 Å². The molecule has 2 aliphatic carbocycles. The number of aliphatic hydroxyl groups is 2. The highest BCUT2D eigenvalue weighted by Crippen LogP contribution is 2.49. The van der Waals surface area contributed by atoms with Crippen LogP contribution in [-0.2, 0) is 28.6 Å². The van der Waals surface area contributed by atoms with Gasteiger partial charge in [-0.05, 0) is 58.6 Å². The van der Waals surface area contributed by atoms with Crippen molar-refractivity contribution in [1.82, 2.24) is 25.1 Å². The molecule has 0 spiro atoms. The van der Waals surface area contributed by atoms with Crippen LogP contribution in [-0.4, -0.2) is 148 Å². The fraction of sp³-hybridized carbons (Fsp3) is 0.533. The second-order valence-electron chi connectivity index (χ2n) is 23.0. The number of nitrogens with zero attached hydrogens (tertiary/aromatic N) is 5. The SMILES string of the molecule is CON=C1CN(c2nc3c(cc2F)c(=O)c(C)cn3C2CC2)CC1CNC1CCN(C2=C3NC(=O)/C(C)=C\C=C\[C@H](C)[C@H](O)[C@@H](C)[C@@H](O)[C@@H](C)[C@H](OC(C)=O)[C@H](C)[C@@H](OC)/C=C/O[C@@]4(C)Oc5c(C)c(O)c(c(c5C4=O)C2=O)C3=O)CC1. The number of aromatic hydroxyl groups is 1. The minimum Gasteiger partial charge on any atom is -0.507 e. The lowest BCUT2D eigenvalue weighted by atomic mass is 9.78. The Balaban J connectivity index is 1.01. The summed E-state index contributed by atoms with van der Waals surface area (Å²) >= 11 is 0. The molecule has 2 aromatic heterocycles. The third kappa shape index (κ3) is 11.1. The van der Waals surface area contributed by atoms with E-state index in [4.69, 9.17) is 28.8 Å². The average Bonchev–Trinajstić information content (AvgIpc) is 1.76. The molecule has 82 heavy (non-hydrogen) atoms. The lowest BCUT2D eigenvalue weighted by Crippen LogP contribution is -2.48. The molecule has 3 fully saturated rings. The van der Waals surface area contributed by atoms with Crippen LogP contribution >= 0.6 is 0 Å². The van der Waals surface area contributed by atoms with E-state index in [2.05, 4.69) is 15.8 Å².